The van der Waals surface area contributed by atoms with Gasteiger partial charge < -0.3 is 25.6 Å². The van der Waals surface area contributed by atoms with Crippen molar-refractivity contribution in [1.29, 1.82) is 0 Å². The van der Waals surface area contributed by atoms with Crippen molar-refractivity contribution in [2.75, 3.05) is 56.5 Å². The normalized spacial score (nSPS) is 16.7. The van der Waals surface area contributed by atoms with Crippen molar-refractivity contribution in [2.45, 2.75) is 18.9 Å². The first-order valence-corrected chi connectivity index (χ1v) is 14.6. The van der Waals surface area contributed by atoms with Crippen molar-refractivity contribution in [1.82, 2.24) is 19.8 Å². The van der Waals surface area contributed by atoms with Crippen LogP contribution in [0, 0.1) is 0 Å². The Morgan fingerprint density at radius 2 is 1.48 bits per heavy atom. The first-order valence-electron chi connectivity index (χ1n) is 14.6. The molecule has 216 valence electrons. The maximum atomic E-state index is 12.5. The highest BCUT2D eigenvalue weighted by Crippen LogP contribution is 2.34. The lowest BCUT2D eigenvalue weighted by Gasteiger charge is -2.42. The molecular weight excluding hydrogens is 526 g/mol. The topological polar surface area (TPSA) is 99.8 Å². The van der Waals surface area contributed by atoms with E-state index in [0.717, 1.165) is 37.4 Å². The molecule has 0 spiro atoms. The fraction of sp³-hybridized carbons (Fsp3) is 0.303. The average molecular weight is 564 g/mol. The Hall–Kier alpha value is -4.47. The van der Waals surface area contributed by atoms with E-state index in [0.29, 0.717) is 17.5 Å². The highest BCUT2D eigenvalue weighted by atomic mass is 16.5. The molecule has 0 saturated carbocycles. The fourth-order valence-electron chi connectivity index (χ4n) is 5.70. The minimum absolute atomic E-state index is 0.0457. The zero-order valence-electron chi connectivity index (χ0n) is 23.9. The number of nitrogens with zero attached hydrogens (tertiary/aromatic N) is 5. The van der Waals surface area contributed by atoms with Crippen molar-refractivity contribution < 1.29 is 9.53 Å². The summed E-state index contributed by atoms with van der Waals surface area (Å²) in [6, 6.07) is 27.8. The van der Waals surface area contributed by atoms with Gasteiger partial charge in [0.1, 0.15) is 11.4 Å². The summed E-state index contributed by atoms with van der Waals surface area (Å²) < 4.78 is 6.15. The highest BCUT2D eigenvalue weighted by molar-refractivity contribution is 5.97. The lowest BCUT2D eigenvalue weighted by molar-refractivity contribution is 0.0982. The number of amides is 1. The van der Waals surface area contributed by atoms with Crippen LogP contribution >= 0.6 is 0 Å². The number of piperidine rings is 1. The molecule has 3 aromatic carbocycles. The van der Waals surface area contributed by atoms with Gasteiger partial charge in [0.2, 0.25) is 5.88 Å². The number of primary amides is 1. The second-order valence-electron chi connectivity index (χ2n) is 10.9. The molecule has 0 radical (unpaired) electrons. The van der Waals surface area contributed by atoms with E-state index in [4.69, 9.17) is 15.5 Å². The predicted octanol–water partition coefficient (Wildman–Crippen LogP) is 4.99. The number of nitrogens with one attached hydrogen (secondary N) is 1. The van der Waals surface area contributed by atoms with E-state index in [1.807, 2.05) is 72.8 Å². The molecule has 9 heteroatoms. The molecule has 1 aromatic heterocycles. The Labute approximate surface area is 246 Å². The maximum Gasteiger partial charge on any atom is 0.271 e. The summed E-state index contributed by atoms with van der Waals surface area (Å²) in [5, 5.41) is 3.26. The minimum atomic E-state index is -0.673. The number of likely N-dealkylation sites (N-methyl/N-ethyl adjacent to an activating group) is 1. The first kappa shape index (κ1) is 27.7. The van der Waals surface area contributed by atoms with E-state index < -0.39 is 5.91 Å². The molecule has 42 heavy (non-hydrogen) atoms. The molecule has 4 aromatic rings. The Kier molecular flexibility index (Phi) is 8.30. The average Bonchev–Trinajstić information content (AvgIpc) is 3.03. The fourth-order valence-corrected chi connectivity index (χ4v) is 5.70. The van der Waals surface area contributed by atoms with Crippen LogP contribution in [0.25, 0.3) is 11.3 Å². The van der Waals surface area contributed by atoms with Gasteiger partial charge in [0, 0.05) is 62.2 Å². The van der Waals surface area contributed by atoms with Gasteiger partial charge in [0.05, 0.1) is 0 Å². The van der Waals surface area contributed by atoms with E-state index in [1.165, 1.54) is 31.6 Å². The summed E-state index contributed by atoms with van der Waals surface area (Å²) >= 11 is 0. The SMILES string of the molecule is CN1CCN(C2CCN(c3ccc(Nc4nc(Oc5ccccc5)c(-c5ccccc5)nc4C(N)=O)cc3)CC2)CC1. The molecule has 2 aliphatic heterocycles. The number of piperazine rings is 1. The molecule has 2 aliphatic rings. The zero-order chi connectivity index (χ0) is 28.9. The van der Waals surface area contributed by atoms with Gasteiger partial charge in [-0.2, -0.15) is 4.98 Å². The molecule has 3 N–H and O–H groups in total. The van der Waals surface area contributed by atoms with E-state index >= 15 is 0 Å². The summed E-state index contributed by atoms with van der Waals surface area (Å²) in [5.74, 6) is 0.462. The number of ether oxygens (including phenoxy) is 1. The van der Waals surface area contributed by atoms with Gasteiger partial charge in [0.15, 0.2) is 11.5 Å². The third kappa shape index (κ3) is 6.37. The highest BCUT2D eigenvalue weighted by Gasteiger charge is 2.27. The molecular formula is C33H37N7O2. The summed E-state index contributed by atoms with van der Waals surface area (Å²) in [4.78, 5) is 29.4. The second kappa shape index (κ2) is 12.6. The van der Waals surface area contributed by atoms with E-state index in [-0.39, 0.29) is 17.4 Å². The molecule has 0 aliphatic carbocycles. The number of para-hydroxylation sites is 1. The number of hydrogen-bond acceptors (Lipinski definition) is 8. The van der Waals surface area contributed by atoms with Crippen molar-refractivity contribution in [3.63, 3.8) is 0 Å². The summed E-state index contributed by atoms with van der Waals surface area (Å²) in [7, 11) is 2.21. The van der Waals surface area contributed by atoms with Gasteiger partial charge in [-0.1, -0.05) is 48.5 Å². The predicted molar refractivity (Wildman–Crippen MR) is 167 cm³/mol. The number of rotatable bonds is 8. The second-order valence-corrected chi connectivity index (χ2v) is 10.9. The van der Waals surface area contributed by atoms with Crippen LogP contribution in [0.3, 0.4) is 0 Å². The van der Waals surface area contributed by atoms with Crippen molar-refractivity contribution in [3.8, 4) is 22.9 Å². The van der Waals surface area contributed by atoms with Gasteiger partial charge >= 0.3 is 0 Å². The van der Waals surface area contributed by atoms with Crippen molar-refractivity contribution in [2.24, 2.45) is 5.73 Å². The summed E-state index contributed by atoms with van der Waals surface area (Å²) in [5.41, 5.74) is 9.00. The number of hydrogen-bond donors (Lipinski definition) is 2. The third-order valence-corrected chi connectivity index (χ3v) is 8.12. The van der Waals surface area contributed by atoms with Crippen LogP contribution in [-0.2, 0) is 0 Å². The van der Waals surface area contributed by atoms with Gasteiger partial charge in [-0.3, -0.25) is 9.69 Å². The Balaban J connectivity index is 1.20. The van der Waals surface area contributed by atoms with Crippen LogP contribution in [0.5, 0.6) is 11.6 Å². The monoisotopic (exact) mass is 563 g/mol. The number of aromatic nitrogens is 2. The van der Waals surface area contributed by atoms with Gasteiger partial charge in [0.25, 0.3) is 5.91 Å². The largest absolute Gasteiger partial charge is 0.437 e. The number of nitrogens with two attached hydrogens (primary N) is 1. The van der Waals surface area contributed by atoms with Crippen molar-refractivity contribution >= 4 is 23.1 Å². The van der Waals surface area contributed by atoms with E-state index in [9.17, 15) is 4.79 Å². The van der Waals surface area contributed by atoms with Crippen LogP contribution in [0.4, 0.5) is 17.2 Å². The van der Waals surface area contributed by atoms with Crippen LogP contribution in [-0.4, -0.2) is 78.0 Å². The summed E-state index contributed by atoms with van der Waals surface area (Å²) in [6.07, 6.45) is 2.36. The quantitative estimate of drug-likeness (QED) is 0.309. The molecule has 0 unspecified atom stereocenters. The lowest BCUT2D eigenvalue weighted by Crippen LogP contribution is -2.52. The van der Waals surface area contributed by atoms with Gasteiger partial charge in [-0.25, -0.2) is 4.98 Å². The maximum absolute atomic E-state index is 12.5. The molecule has 3 heterocycles. The molecule has 6 rings (SSSR count). The molecule has 1 amide bonds. The molecule has 0 bridgehead atoms. The number of carbonyl (C=O) groups excluding carboxylic acids is 1. The number of carbonyl (C=O) groups is 1. The molecule has 2 saturated heterocycles. The lowest BCUT2D eigenvalue weighted by atomic mass is 10.0. The Bertz CT molecular complexity index is 1480. The van der Waals surface area contributed by atoms with Crippen LogP contribution in [0.15, 0.2) is 84.9 Å². The molecule has 2 fully saturated rings. The van der Waals surface area contributed by atoms with Gasteiger partial charge in [-0.05, 0) is 56.3 Å². The molecule has 0 atom stereocenters. The van der Waals surface area contributed by atoms with Crippen LogP contribution in [0.2, 0.25) is 0 Å². The van der Waals surface area contributed by atoms with Crippen LogP contribution < -0.4 is 20.7 Å². The first-order chi connectivity index (χ1) is 20.5. The summed E-state index contributed by atoms with van der Waals surface area (Å²) in [6.45, 7) is 6.74. The number of anilines is 3. The van der Waals surface area contributed by atoms with E-state index in [1.54, 1.807) is 0 Å². The smallest absolute Gasteiger partial charge is 0.271 e. The van der Waals surface area contributed by atoms with Gasteiger partial charge in [-0.15, -0.1) is 0 Å². The number of benzene rings is 3. The third-order valence-electron chi connectivity index (χ3n) is 8.12. The zero-order valence-corrected chi connectivity index (χ0v) is 23.9. The van der Waals surface area contributed by atoms with Crippen molar-refractivity contribution in [3.05, 3.63) is 90.6 Å². The van der Waals surface area contributed by atoms with Crippen LogP contribution in [0.1, 0.15) is 23.3 Å². The Morgan fingerprint density at radius 1 is 0.833 bits per heavy atom. The standard InChI is InChI=1S/C33H37N7O2/c1-38-20-22-40(23-21-38)27-16-18-39(19-17-27)26-14-12-25(13-15-26)35-32-30(31(34)41)36-29(24-8-4-2-5-9-24)33(37-32)42-28-10-6-3-7-11-28/h2-15,27H,16-23H2,1H3,(H2,34,41)(H,35,37). The minimum Gasteiger partial charge on any atom is -0.437 e. The Morgan fingerprint density at radius 3 is 2.12 bits per heavy atom. The molecule has 9 nitrogen and oxygen atoms in total. The van der Waals surface area contributed by atoms with E-state index in [2.05, 4.69) is 44.2 Å².